The molecule has 0 bridgehead atoms. The van der Waals surface area contributed by atoms with Crippen molar-refractivity contribution in [2.45, 2.75) is 12.8 Å². The Hall–Kier alpha value is -7.04. The maximum Gasteiger partial charge on any atom is 0.0783 e. The molecular formula is C50H28N4. The monoisotopic (exact) mass is 684 g/mol. The average molecular weight is 685 g/mol. The predicted molar refractivity (Wildman–Crippen MR) is 224 cm³/mol. The SMILES string of the molecule is c1ccc2c(c1)c1cccc3c1n2-c1ccc2c4cccc5c4n(c4cccc6c7ccc8c(c7n5c64)Cc4cccc5c6ccccc6n-8c45)c2c1C3. The van der Waals surface area contributed by atoms with Crippen LogP contribution in [0.4, 0.5) is 0 Å². The van der Waals surface area contributed by atoms with E-state index in [1.54, 1.807) is 0 Å². The number of aromatic nitrogens is 4. The fourth-order valence-electron chi connectivity index (χ4n) is 11.3. The highest BCUT2D eigenvalue weighted by Crippen LogP contribution is 2.48. The first kappa shape index (κ1) is 26.7. The Morgan fingerprint density at radius 1 is 0.278 bits per heavy atom. The van der Waals surface area contributed by atoms with Crippen LogP contribution in [0.25, 0.3) is 110 Å². The van der Waals surface area contributed by atoms with Gasteiger partial charge in [-0.1, -0.05) is 109 Å². The Morgan fingerprint density at radius 2 is 0.648 bits per heavy atom. The molecule has 5 aromatic heterocycles. The highest BCUT2D eigenvalue weighted by molar-refractivity contribution is 6.24. The smallest absolute Gasteiger partial charge is 0.0783 e. The van der Waals surface area contributed by atoms with Gasteiger partial charge in [-0.3, -0.25) is 0 Å². The molecule has 13 aromatic rings. The highest BCUT2D eigenvalue weighted by atomic mass is 15.0. The van der Waals surface area contributed by atoms with Crippen molar-refractivity contribution in [1.29, 1.82) is 0 Å². The van der Waals surface area contributed by atoms with Gasteiger partial charge >= 0.3 is 0 Å². The van der Waals surface area contributed by atoms with Gasteiger partial charge in [0.15, 0.2) is 0 Å². The van der Waals surface area contributed by atoms with Crippen molar-refractivity contribution in [3.63, 3.8) is 0 Å². The molecule has 0 amide bonds. The lowest BCUT2D eigenvalue weighted by Crippen LogP contribution is -2.10. The average Bonchev–Trinajstić information content (AvgIpc) is 3.96. The van der Waals surface area contributed by atoms with Crippen LogP contribution in [0.1, 0.15) is 22.3 Å². The summed E-state index contributed by atoms with van der Waals surface area (Å²) in [5.41, 5.74) is 21.2. The predicted octanol–water partition coefficient (Wildman–Crippen LogP) is 12.2. The summed E-state index contributed by atoms with van der Waals surface area (Å²) in [4.78, 5) is 0. The van der Waals surface area contributed by atoms with E-state index in [0.717, 1.165) is 12.8 Å². The van der Waals surface area contributed by atoms with Crippen LogP contribution >= 0.6 is 0 Å². The molecule has 248 valence electrons. The van der Waals surface area contributed by atoms with E-state index in [-0.39, 0.29) is 0 Å². The lowest BCUT2D eigenvalue weighted by Gasteiger charge is -2.23. The second-order valence-electron chi connectivity index (χ2n) is 15.6. The van der Waals surface area contributed by atoms with Crippen molar-refractivity contribution >= 4 is 98.3 Å². The van der Waals surface area contributed by atoms with Gasteiger partial charge in [-0.05, 0) is 47.5 Å². The summed E-state index contributed by atoms with van der Waals surface area (Å²) >= 11 is 0. The fraction of sp³-hybridized carbons (Fsp3) is 0.0400. The molecule has 0 radical (unpaired) electrons. The van der Waals surface area contributed by atoms with Gasteiger partial charge in [0.2, 0.25) is 0 Å². The zero-order valence-electron chi connectivity index (χ0n) is 29.1. The number of benzene rings is 8. The largest absolute Gasteiger partial charge is 0.309 e. The molecule has 0 N–H and O–H groups in total. The van der Waals surface area contributed by atoms with Gasteiger partial charge in [-0.25, -0.2) is 0 Å². The third kappa shape index (κ3) is 2.77. The molecular weight excluding hydrogens is 657 g/mol. The van der Waals surface area contributed by atoms with E-state index in [2.05, 4.69) is 164 Å². The van der Waals surface area contributed by atoms with E-state index in [9.17, 15) is 0 Å². The van der Waals surface area contributed by atoms with Crippen molar-refractivity contribution in [2.24, 2.45) is 0 Å². The standard InChI is InChI=1S/C50H28N4/c1-3-17-39-29(11-1)31-13-5-9-27-25-37-41(51(39)45(27)31)23-21-35-33-15-7-20-44-49(33)53(47(35)37)43-19-8-16-34-36-22-24-42-38(48(36)54(44)50(34)43)26-28-10-6-14-32-30-12-2-4-18-40(30)52(42)46(28)32/h1-24H,25-26H2. The molecule has 4 nitrogen and oxygen atoms in total. The molecule has 0 fully saturated rings. The minimum atomic E-state index is 0.900. The highest BCUT2D eigenvalue weighted by Gasteiger charge is 2.30. The van der Waals surface area contributed by atoms with Gasteiger partial charge in [-0.15, -0.1) is 0 Å². The molecule has 7 heterocycles. The summed E-state index contributed by atoms with van der Waals surface area (Å²) in [5.74, 6) is 0. The molecule has 2 aliphatic rings. The first-order chi connectivity index (χ1) is 26.8. The second kappa shape index (κ2) is 8.76. The van der Waals surface area contributed by atoms with Gasteiger partial charge in [0.25, 0.3) is 0 Å². The van der Waals surface area contributed by atoms with E-state index < -0.39 is 0 Å². The normalized spacial score (nSPS) is 13.8. The molecule has 4 heteroatoms. The summed E-state index contributed by atoms with van der Waals surface area (Å²) in [6, 6.07) is 55.1. The third-order valence-corrected chi connectivity index (χ3v) is 13.3. The topological polar surface area (TPSA) is 18.7 Å². The van der Waals surface area contributed by atoms with Crippen molar-refractivity contribution in [2.75, 3.05) is 0 Å². The van der Waals surface area contributed by atoms with Gasteiger partial charge < -0.3 is 17.9 Å². The Labute approximate surface area is 307 Å². The number of nitrogens with zero attached hydrogens (tertiary/aromatic N) is 4. The molecule has 2 aliphatic heterocycles. The van der Waals surface area contributed by atoms with Crippen LogP contribution in [-0.4, -0.2) is 17.9 Å². The summed E-state index contributed by atoms with van der Waals surface area (Å²) in [6.45, 7) is 0. The van der Waals surface area contributed by atoms with E-state index in [0.29, 0.717) is 0 Å². The van der Waals surface area contributed by atoms with Gasteiger partial charge in [0.1, 0.15) is 0 Å². The van der Waals surface area contributed by atoms with Gasteiger partial charge in [-0.2, -0.15) is 0 Å². The summed E-state index contributed by atoms with van der Waals surface area (Å²) in [6.07, 6.45) is 1.80. The molecule has 0 spiro atoms. The Kier molecular flexibility index (Phi) is 4.33. The molecule has 8 aromatic carbocycles. The van der Waals surface area contributed by atoms with Crippen molar-refractivity contribution in [1.82, 2.24) is 17.9 Å². The van der Waals surface area contributed by atoms with Crippen LogP contribution in [0.5, 0.6) is 0 Å². The van der Waals surface area contributed by atoms with Crippen LogP contribution in [-0.2, 0) is 12.8 Å². The quantitative estimate of drug-likeness (QED) is 0.142. The lowest BCUT2D eigenvalue weighted by molar-refractivity contribution is 1.05. The lowest BCUT2D eigenvalue weighted by atomic mass is 9.95. The van der Waals surface area contributed by atoms with Gasteiger partial charge in [0, 0.05) is 67.1 Å². The van der Waals surface area contributed by atoms with Crippen molar-refractivity contribution in [3.05, 3.63) is 168 Å². The zero-order chi connectivity index (χ0) is 34.6. The molecule has 0 unspecified atom stereocenters. The minimum Gasteiger partial charge on any atom is -0.309 e. The number of hydrogen-bond donors (Lipinski definition) is 0. The molecule has 54 heavy (non-hydrogen) atoms. The van der Waals surface area contributed by atoms with Crippen LogP contribution < -0.4 is 0 Å². The third-order valence-electron chi connectivity index (χ3n) is 13.3. The maximum atomic E-state index is 2.63. The van der Waals surface area contributed by atoms with E-state index in [4.69, 9.17) is 0 Å². The van der Waals surface area contributed by atoms with Crippen LogP contribution in [0.15, 0.2) is 146 Å². The Balaban J connectivity index is 1.14. The Morgan fingerprint density at radius 3 is 1.13 bits per heavy atom. The molecule has 0 saturated carbocycles. The maximum absolute atomic E-state index is 2.63. The molecule has 0 saturated heterocycles. The number of hydrogen-bond acceptors (Lipinski definition) is 0. The van der Waals surface area contributed by atoms with Crippen molar-refractivity contribution < 1.29 is 0 Å². The first-order valence-corrected chi connectivity index (χ1v) is 19.0. The zero-order valence-corrected chi connectivity index (χ0v) is 29.1. The molecule has 0 aliphatic carbocycles. The van der Waals surface area contributed by atoms with E-state index in [1.807, 2.05) is 0 Å². The molecule has 0 atom stereocenters. The second-order valence-corrected chi connectivity index (χ2v) is 15.6. The number of rotatable bonds is 0. The number of fused-ring (bicyclic) bond motifs is 20. The van der Waals surface area contributed by atoms with Gasteiger partial charge in [0.05, 0.1) is 66.5 Å². The first-order valence-electron chi connectivity index (χ1n) is 19.0. The molecule has 15 rings (SSSR count). The fourth-order valence-corrected chi connectivity index (χ4v) is 11.3. The van der Waals surface area contributed by atoms with Crippen LogP contribution in [0, 0.1) is 0 Å². The van der Waals surface area contributed by atoms with E-state index in [1.165, 1.54) is 132 Å². The number of para-hydroxylation sites is 6. The Bertz CT molecular complexity index is 3640. The summed E-state index contributed by atoms with van der Waals surface area (Å²) < 4.78 is 10.3. The minimum absolute atomic E-state index is 0.900. The van der Waals surface area contributed by atoms with Crippen LogP contribution in [0.3, 0.4) is 0 Å². The van der Waals surface area contributed by atoms with Crippen LogP contribution in [0.2, 0.25) is 0 Å². The summed E-state index contributed by atoms with van der Waals surface area (Å²) in [7, 11) is 0. The summed E-state index contributed by atoms with van der Waals surface area (Å²) in [5, 5.41) is 10.6. The van der Waals surface area contributed by atoms with Crippen molar-refractivity contribution in [3.8, 4) is 11.4 Å². The van der Waals surface area contributed by atoms with E-state index >= 15 is 0 Å².